The Balaban J connectivity index is 2.22. The fourth-order valence-corrected chi connectivity index (χ4v) is 2.18. The van der Waals surface area contributed by atoms with Gasteiger partial charge in [0.25, 0.3) is 0 Å². The predicted octanol–water partition coefficient (Wildman–Crippen LogP) is 4.70. The van der Waals surface area contributed by atoms with E-state index in [-0.39, 0.29) is 12.2 Å². The molecule has 0 aliphatic rings. The highest BCUT2D eigenvalue weighted by molar-refractivity contribution is 6.35. The second kappa shape index (κ2) is 5.68. The molecule has 2 aromatic rings. The van der Waals surface area contributed by atoms with Gasteiger partial charge in [-0.15, -0.1) is 0 Å². The van der Waals surface area contributed by atoms with E-state index >= 15 is 0 Å². The lowest BCUT2D eigenvalue weighted by Crippen LogP contribution is -2.04. The van der Waals surface area contributed by atoms with Gasteiger partial charge in [-0.05, 0) is 35.9 Å². The van der Waals surface area contributed by atoms with Crippen LogP contribution in [0, 0.1) is 11.6 Å². The molecule has 98 valence electrons. The number of carbonyl (C=O) groups is 1. The van der Waals surface area contributed by atoms with E-state index in [2.05, 4.69) is 0 Å². The average molecular weight is 301 g/mol. The lowest BCUT2D eigenvalue weighted by molar-refractivity contribution is 0.0993. The van der Waals surface area contributed by atoms with Crippen molar-refractivity contribution >= 4 is 29.0 Å². The number of ketones is 1. The van der Waals surface area contributed by atoms with Crippen LogP contribution in [0.4, 0.5) is 8.78 Å². The molecule has 0 unspecified atom stereocenters. The Bertz CT molecular complexity index is 621. The van der Waals surface area contributed by atoms with Crippen molar-refractivity contribution in [3.63, 3.8) is 0 Å². The number of hydrogen-bond donors (Lipinski definition) is 0. The van der Waals surface area contributed by atoms with Crippen LogP contribution < -0.4 is 0 Å². The number of hydrogen-bond acceptors (Lipinski definition) is 1. The molecule has 0 spiro atoms. The number of Topliss-reactive ketones (excluding diaryl/α,β-unsaturated/α-hetero) is 1. The van der Waals surface area contributed by atoms with Crippen LogP contribution in [-0.4, -0.2) is 5.78 Å². The zero-order valence-corrected chi connectivity index (χ0v) is 11.1. The van der Waals surface area contributed by atoms with Crippen LogP contribution in [0.1, 0.15) is 15.9 Å². The Kier molecular flexibility index (Phi) is 4.17. The van der Waals surface area contributed by atoms with Gasteiger partial charge >= 0.3 is 0 Å². The molecule has 0 aliphatic heterocycles. The summed E-state index contributed by atoms with van der Waals surface area (Å²) in [7, 11) is 0. The van der Waals surface area contributed by atoms with Crippen LogP contribution in [0.5, 0.6) is 0 Å². The van der Waals surface area contributed by atoms with E-state index in [1.54, 1.807) is 0 Å². The van der Waals surface area contributed by atoms with E-state index in [0.29, 0.717) is 21.2 Å². The van der Waals surface area contributed by atoms with Crippen LogP contribution in [0.2, 0.25) is 10.0 Å². The second-order valence-electron chi connectivity index (χ2n) is 4.01. The van der Waals surface area contributed by atoms with Crippen molar-refractivity contribution in [2.75, 3.05) is 0 Å². The van der Waals surface area contributed by atoms with Crippen molar-refractivity contribution in [2.24, 2.45) is 0 Å². The first kappa shape index (κ1) is 14.0. The molecule has 0 radical (unpaired) electrons. The van der Waals surface area contributed by atoms with E-state index in [0.717, 1.165) is 12.1 Å². The van der Waals surface area contributed by atoms with Crippen LogP contribution in [0.3, 0.4) is 0 Å². The summed E-state index contributed by atoms with van der Waals surface area (Å²) < 4.78 is 25.8. The molecule has 2 rings (SSSR count). The molecule has 0 atom stereocenters. The van der Waals surface area contributed by atoms with Gasteiger partial charge < -0.3 is 0 Å². The molecule has 0 saturated heterocycles. The summed E-state index contributed by atoms with van der Waals surface area (Å²) in [4.78, 5) is 12.0. The molecule has 0 aromatic heterocycles. The molecule has 0 aliphatic carbocycles. The minimum atomic E-state index is -0.977. The topological polar surface area (TPSA) is 17.1 Å². The molecular weight excluding hydrogens is 293 g/mol. The first-order valence-corrected chi connectivity index (χ1v) is 6.14. The molecule has 0 bridgehead atoms. The molecule has 5 heteroatoms. The van der Waals surface area contributed by atoms with Gasteiger partial charge in [0.1, 0.15) is 0 Å². The zero-order valence-electron chi connectivity index (χ0n) is 9.59. The van der Waals surface area contributed by atoms with Crippen molar-refractivity contribution in [1.82, 2.24) is 0 Å². The number of halogens is 4. The number of carbonyl (C=O) groups excluding carboxylic acids is 1. The first-order chi connectivity index (χ1) is 8.95. The summed E-state index contributed by atoms with van der Waals surface area (Å²) in [6, 6.07) is 7.83. The maximum Gasteiger partial charge on any atom is 0.167 e. The Morgan fingerprint density at radius 1 is 0.947 bits per heavy atom. The smallest absolute Gasteiger partial charge is 0.167 e. The standard InChI is InChI=1S/C14H8Cl2F2O/c15-10-5-9(6-11(16)7-10)14(19)4-8-1-2-12(17)13(18)3-8/h1-3,5-7H,4H2. The van der Waals surface area contributed by atoms with Gasteiger partial charge in [0, 0.05) is 22.0 Å². The maximum absolute atomic E-state index is 13.0. The zero-order chi connectivity index (χ0) is 14.0. The molecule has 0 amide bonds. The van der Waals surface area contributed by atoms with Gasteiger partial charge in [0.2, 0.25) is 0 Å². The fraction of sp³-hybridized carbons (Fsp3) is 0.0714. The van der Waals surface area contributed by atoms with Crippen molar-refractivity contribution in [1.29, 1.82) is 0 Å². The normalized spacial score (nSPS) is 10.5. The molecule has 0 saturated carbocycles. The van der Waals surface area contributed by atoms with E-state index in [1.165, 1.54) is 24.3 Å². The van der Waals surface area contributed by atoms with Crippen LogP contribution in [0.15, 0.2) is 36.4 Å². The lowest BCUT2D eigenvalue weighted by atomic mass is 10.0. The summed E-state index contributed by atoms with van der Waals surface area (Å²) in [5.41, 5.74) is 0.724. The van der Waals surface area contributed by atoms with Gasteiger partial charge in [0.15, 0.2) is 17.4 Å². The van der Waals surface area contributed by atoms with Crippen LogP contribution in [-0.2, 0) is 6.42 Å². The van der Waals surface area contributed by atoms with Gasteiger partial charge in [-0.3, -0.25) is 4.79 Å². The third-order valence-corrected chi connectivity index (χ3v) is 2.97. The van der Waals surface area contributed by atoms with Crippen molar-refractivity contribution < 1.29 is 13.6 Å². The monoisotopic (exact) mass is 300 g/mol. The Labute approximate surface area is 118 Å². The second-order valence-corrected chi connectivity index (χ2v) is 4.88. The quantitative estimate of drug-likeness (QED) is 0.751. The minimum Gasteiger partial charge on any atom is -0.294 e. The maximum atomic E-state index is 13.0. The Morgan fingerprint density at radius 3 is 2.16 bits per heavy atom. The summed E-state index contributed by atoms with van der Waals surface area (Å²) in [5, 5.41) is 0.697. The summed E-state index contributed by atoms with van der Waals surface area (Å²) in [5.74, 6) is -2.19. The molecule has 0 heterocycles. The summed E-state index contributed by atoms with van der Waals surface area (Å²) >= 11 is 11.6. The molecule has 0 fully saturated rings. The van der Waals surface area contributed by atoms with Gasteiger partial charge in [0.05, 0.1) is 0 Å². The lowest BCUT2D eigenvalue weighted by Gasteiger charge is -2.04. The van der Waals surface area contributed by atoms with Gasteiger partial charge in [-0.2, -0.15) is 0 Å². The highest BCUT2D eigenvalue weighted by Crippen LogP contribution is 2.20. The third kappa shape index (κ3) is 3.52. The first-order valence-electron chi connectivity index (χ1n) is 5.39. The Morgan fingerprint density at radius 2 is 1.58 bits per heavy atom. The fourth-order valence-electron chi connectivity index (χ4n) is 1.65. The summed E-state index contributed by atoms with van der Waals surface area (Å²) in [6.07, 6.45) is -0.0477. The SMILES string of the molecule is O=C(Cc1ccc(F)c(F)c1)c1cc(Cl)cc(Cl)c1. The van der Waals surface area contributed by atoms with E-state index in [1.807, 2.05) is 0 Å². The van der Waals surface area contributed by atoms with Gasteiger partial charge in [-0.25, -0.2) is 8.78 Å². The highest BCUT2D eigenvalue weighted by atomic mass is 35.5. The van der Waals surface area contributed by atoms with Crippen LogP contribution in [0.25, 0.3) is 0 Å². The minimum absolute atomic E-state index is 0.0477. The number of rotatable bonds is 3. The van der Waals surface area contributed by atoms with E-state index in [9.17, 15) is 13.6 Å². The van der Waals surface area contributed by atoms with Gasteiger partial charge in [-0.1, -0.05) is 29.3 Å². The predicted molar refractivity (Wildman–Crippen MR) is 70.9 cm³/mol. The molecule has 19 heavy (non-hydrogen) atoms. The van der Waals surface area contributed by atoms with Crippen molar-refractivity contribution in [3.05, 3.63) is 69.2 Å². The van der Waals surface area contributed by atoms with E-state index < -0.39 is 11.6 Å². The Hall–Kier alpha value is -1.45. The average Bonchev–Trinajstić information content (AvgIpc) is 2.32. The molecule has 1 nitrogen and oxygen atoms in total. The molecule has 0 N–H and O–H groups in total. The number of benzene rings is 2. The van der Waals surface area contributed by atoms with E-state index in [4.69, 9.17) is 23.2 Å². The summed E-state index contributed by atoms with van der Waals surface area (Å²) in [6.45, 7) is 0. The molecule has 2 aromatic carbocycles. The highest BCUT2D eigenvalue weighted by Gasteiger charge is 2.11. The third-order valence-electron chi connectivity index (χ3n) is 2.53. The van der Waals surface area contributed by atoms with Crippen molar-refractivity contribution in [2.45, 2.75) is 6.42 Å². The largest absolute Gasteiger partial charge is 0.294 e. The van der Waals surface area contributed by atoms with Crippen molar-refractivity contribution in [3.8, 4) is 0 Å². The molecular formula is C14H8Cl2F2O. The van der Waals surface area contributed by atoms with Crippen LogP contribution >= 0.6 is 23.2 Å².